The predicted molar refractivity (Wildman–Crippen MR) is 89.5 cm³/mol. The molecule has 0 aliphatic carbocycles. The monoisotopic (exact) mass is 343 g/mol. The molecule has 3 rings (SSSR count). The zero-order chi connectivity index (χ0) is 18.1. The van der Waals surface area contributed by atoms with Crippen molar-refractivity contribution >= 4 is 5.78 Å². The van der Waals surface area contributed by atoms with Gasteiger partial charge < -0.3 is 19.2 Å². The zero-order valence-electron chi connectivity index (χ0n) is 13.9. The number of ketones is 1. The maximum absolute atomic E-state index is 12.9. The molecule has 0 saturated heterocycles. The summed E-state index contributed by atoms with van der Waals surface area (Å²) in [5.41, 5.74) is 0.829. The van der Waals surface area contributed by atoms with E-state index < -0.39 is 11.5 Å². The van der Waals surface area contributed by atoms with E-state index in [1.54, 1.807) is 18.2 Å². The van der Waals surface area contributed by atoms with Crippen LogP contribution in [0.25, 0.3) is 0 Å². The summed E-state index contributed by atoms with van der Waals surface area (Å²) in [5.74, 6) is -1.04. The number of hydrogen-bond acceptors (Lipinski definition) is 4. The zero-order valence-corrected chi connectivity index (χ0v) is 13.9. The van der Waals surface area contributed by atoms with E-state index in [2.05, 4.69) is 0 Å². The lowest BCUT2D eigenvalue weighted by molar-refractivity contribution is 0.100. The second-order valence-electron chi connectivity index (χ2n) is 6.11. The molecule has 0 spiro atoms. The van der Waals surface area contributed by atoms with Crippen LogP contribution in [-0.4, -0.2) is 20.6 Å². The molecule has 0 radical (unpaired) electrons. The van der Waals surface area contributed by atoms with Crippen LogP contribution in [0.4, 0.5) is 4.39 Å². The Bertz CT molecular complexity index is 906. The van der Waals surface area contributed by atoms with Crippen molar-refractivity contribution in [2.24, 2.45) is 0 Å². The average Bonchev–Trinajstić information content (AvgIpc) is 3.15. The van der Waals surface area contributed by atoms with Crippen LogP contribution in [0.3, 0.4) is 0 Å². The Morgan fingerprint density at radius 3 is 2.44 bits per heavy atom. The molecule has 2 heterocycles. The quantitative estimate of drug-likeness (QED) is 0.686. The van der Waals surface area contributed by atoms with Crippen LogP contribution in [0.1, 0.15) is 47.3 Å². The number of aromatic nitrogens is 1. The van der Waals surface area contributed by atoms with Gasteiger partial charge in [0.25, 0.3) is 0 Å². The van der Waals surface area contributed by atoms with Gasteiger partial charge in [-0.25, -0.2) is 4.39 Å². The van der Waals surface area contributed by atoms with Crippen LogP contribution in [0, 0.1) is 5.82 Å². The van der Waals surface area contributed by atoms with Crippen molar-refractivity contribution in [2.75, 3.05) is 0 Å². The molecule has 1 aromatic carbocycles. The Morgan fingerprint density at radius 2 is 1.84 bits per heavy atom. The standard InChI is InChI=1S/C19H18FNO4/c1-11(2)21-10-15(18(23)19(21)24)17(22)16-8-7-14(25-16)9-12-3-5-13(20)6-4-12/h3-8,10-11,23-24H,9H2,1-2H3. The summed E-state index contributed by atoms with van der Waals surface area (Å²) in [6.45, 7) is 3.64. The van der Waals surface area contributed by atoms with Gasteiger partial charge in [-0.05, 0) is 43.7 Å². The lowest BCUT2D eigenvalue weighted by Gasteiger charge is -2.07. The van der Waals surface area contributed by atoms with Crippen molar-refractivity contribution in [3.63, 3.8) is 0 Å². The van der Waals surface area contributed by atoms with E-state index in [9.17, 15) is 19.4 Å². The van der Waals surface area contributed by atoms with Crippen LogP contribution in [0.5, 0.6) is 11.6 Å². The average molecular weight is 343 g/mol. The van der Waals surface area contributed by atoms with Crippen molar-refractivity contribution in [1.82, 2.24) is 4.57 Å². The number of rotatable bonds is 5. The molecule has 0 atom stereocenters. The van der Waals surface area contributed by atoms with E-state index in [4.69, 9.17) is 4.42 Å². The fraction of sp³-hybridized carbons (Fsp3) is 0.211. The minimum Gasteiger partial charge on any atom is -0.503 e. The third kappa shape index (κ3) is 3.28. The van der Waals surface area contributed by atoms with Gasteiger partial charge in [0, 0.05) is 18.7 Å². The third-order valence-corrected chi connectivity index (χ3v) is 3.96. The van der Waals surface area contributed by atoms with Crippen molar-refractivity contribution in [1.29, 1.82) is 0 Å². The first-order valence-corrected chi connectivity index (χ1v) is 7.87. The Hall–Kier alpha value is -3.02. The topological polar surface area (TPSA) is 75.6 Å². The molecular formula is C19H18FNO4. The minimum atomic E-state index is -0.516. The molecule has 130 valence electrons. The second-order valence-corrected chi connectivity index (χ2v) is 6.11. The number of halogens is 1. The highest BCUT2D eigenvalue weighted by molar-refractivity contribution is 6.09. The minimum absolute atomic E-state index is 0.0196. The largest absolute Gasteiger partial charge is 0.503 e. The molecule has 2 aromatic heterocycles. The van der Waals surface area contributed by atoms with Gasteiger partial charge in [0.1, 0.15) is 11.6 Å². The summed E-state index contributed by atoms with van der Waals surface area (Å²) in [5, 5.41) is 19.9. The summed E-state index contributed by atoms with van der Waals surface area (Å²) >= 11 is 0. The Labute approximate surface area is 143 Å². The molecule has 2 N–H and O–H groups in total. The van der Waals surface area contributed by atoms with Gasteiger partial charge in [-0.1, -0.05) is 12.1 Å². The first kappa shape index (κ1) is 16.8. The van der Waals surface area contributed by atoms with Gasteiger partial charge in [0.2, 0.25) is 11.7 Å². The van der Waals surface area contributed by atoms with Crippen molar-refractivity contribution in [3.8, 4) is 11.6 Å². The summed E-state index contributed by atoms with van der Waals surface area (Å²) in [4.78, 5) is 12.5. The van der Waals surface area contributed by atoms with Gasteiger partial charge >= 0.3 is 0 Å². The van der Waals surface area contributed by atoms with Gasteiger partial charge in [0.05, 0.1) is 5.56 Å². The normalized spacial score (nSPS) is 11.2. The van der Waals surface area contributed by atoms with E-state index in [0.29, 0.717) is 12.2 Å². The van der Waals surface area contributed by atoms with E-state index >= 15 is 0 Å². The molecule has 0 bridgehead atoms. The number of nitrogens with zero attached hydrogens (tertiary/aromatic N) is 1. The molecule has 0 fully saturated rings. The number of benzene rings is 1. The van der Waals surface area contributed by atoms with Crippen molar-refractivity contribution in [2.45, 2.75) is 26.3 Å². The van der Waals surface area contributed by atoms with Crippen molar-refractivity contribution < 1.29 is 23.8 Å². The molecule has 6 heteroatoms. The van der Waals surface area contributed by atoms with Gasteiger partial charge in [-0.2, -0.15) is 0 Å². The molecule has 0 aliphatic rings. The van der Waals surface area contributed by atoms with Crippen LogP contribution in [-0.2, 0) is 6.42 Å². The molecule has 0 saturated carbocycles. The Kier molecular flexibility index (Phi) is 4.35. The molecule has 0 aliphatic heterocycles. The lowest BCUT2D eigenvalue weighted by atomic mass is 10.1. The molecular weight excluding hydrogens is 325 g/mol. The summed E-state index contributed by atoms with van der Waals surface area (Å²) in [7, 11) is 0. The molecule has 0 unspecified atom stereocenters. The Balaban J connectivity index is 1.83. The summed E-state index contributed by atoms with van der Waals surface area (Å²) in [6.07, 6.45) is 1.82. The van der Waals surface area contributed by atoms with E-state index in [0.717, 1.165) is 5.56 Å². The first-order valence-electron chi connectivity index (χ1n) is 7.87. The fourth-order valence-electron chi connectivity index (χ4n) is 2.60. The fourth-order valence-corrected chi connectivity index (χ4v) is 2.60. The highest BCUT2D eigenvalue weighted by Crippen LogP contribution is 2.35. The van der Waals surface area contributed by atoms with Crippen molar-refractivity contribution in [3.05, 3.63) is 71.1 Å². The number of carbonyl (C=O) groups is 1. The Morgan fingerprint density at radius 1 is 1.16 bits per heavy atom. The second kappa shape index (κ2) is 6.47. The van der Waals surface area contributed by atoms with Crippen LogP contribution in [0.2, 0.25) is 0 Å². The molecule has 0 amide bonds. The first-order chi connectivity index (χ1) is 11.9. The maximum Gasteiger partial charge on any atom is 0.235 e. The van der Waals surface area contributed by atoms with Gasteiger partial charge in [0.15, 0.2) is 11.5 Å². The highest BCUT2D eigenvalue weighted by atomic mass is 19.1. The number of furan rings is 1. The molecule has 5 nitrogen and oxygen atoms in total. The highest BCUT2D eigenvalue weighted by Gasteiger charge is 2.24. The lowest BCUT2D eigenvalue weighted by Crippen LogP contribution is -2.00. The molecule has 3 aromatic rings. The van der Waals surface area contributed by atoms with Gasteiger partial charge in [-0.15, -0.1) is 0 Å². The predicted octanol–water partition coefficient (Wildman–Crippen LogP) is 4.03. The van der Waals surface area contributed by atoms with Crippen LogP contribution >= 0.6 is 0 Å². The maximum atomic E-state index is 12.9. The smallest absolute Gasteiger partial charge is 0.235 e. The number of hydrogen-bond donors (Lipinski definition) is 2. The number of carbonyl (C=O) groups excluding carboxylic acids is 1. The third-order valence-electron chi connectivity index (χ3n) is 3.96. The van der Waals surface area contributed by atoms with E-state index in [1.807, 2.05) is 13.8 Å². The summed E-state index contributed by atoms with van der Waals surface area (Å²) in [6, 6.07) is 9.08. The van der Waals surface area contributed by atoms with E-state index in [-0.39, 0.29) is 29.1 Å². The van der Waals surface area contributed by atoms with Gasteiger partial charge in [-0.3, -0.25) is 4.79 Å². The SMILES string of the molecule is CC(C)n1cc(C(=O)c2ccc(Cc3ccc(F)cc3)o2)c(O)c1O. The summed E-state index contributed by atoms with van der Waals surface area (Å²) < 4.78 is 19.9. The van der Waals surface area contributed by atoms with Crippen LogP contribution < -0.4 is 0 Å². The molecule has 25 heavy (non-hydrogen) atoms. The number of aromatic hydroxyl groups is 2. The van der Waals surface area contributed by atoms with E-state index in [1.165, 1.54) is 29.0 Å². The van der Waals surface area contributed by atoms with Crippen LogP contribution in [0.15, 0.2) is 47.0 Å².